The molecule has 0 bridgehead atoms. The molecule has 0 aliphatic heterocycles. The van der Waals surface area contributed by atoms with Gasteiger partial charge >= 0.3 is 9.75 Å². The summed E-state index contributed by atoms with van der Waals surface area (Å²) in [5.41, 5.74) is 2.63. The number of benzene rings is 2. The van der Waals surface area contributed by atoms with E-state index in [1.165, 1.54) is 7.11 Å². The van der Waals surface area contributed by atoms with E-state index in [0.29, 0.717) is 38.9 Å². The number of H-pyrrole nitrogens is 1. The second-order valence-electron chi connectivity index (χ2n) is 12.2. The number of aromatic nitrogens is 2. The first kappa shape index (κ1) is 38.9. The molecule has 1 aliphatic rings. The number of rotatable bonds is 16. The van der Waals surface area contributed by atoms with Gasteiger partial charge in [-0.25, -0.2) is 4.57 Å². The van der Waals surface area contributed by atoms with Crippen LogP contribution in [-0.4, -0.2) is 62.5 Å². The molecule has 5 rings (SSSR count). The van der Waals surface area contributed by atoms with Gasteiger partial charge in [-0.3, -0.25) is 14.6 Å². The van der Waals surface area contributed by atoms with Crippen molar-refractivity contribution in [1.29, 1.82) is 0 Å². The summed E-state index contributed by atoms with van der Waals surface area (Å²) >= 11 is 7.86. The van der Waals surface area contributed by atoms with Gasteiger partial charge in [0.05, 0.1) is 29.6 Å². The van der Waals surface area contributed by atoms with Gasteiger partial charge in [-0.2, -0.15) is 0 Å². The summed E-state index contributed by atoms with van der Waals surface area (Å²) in [6, 6.07) is 14.1. The number of halogens is 1. The smallest absolute Gasteiger partial charge is 0.317 e. The summed E-state index contributed by atoms with van der Waals surface area (Å²) in [4.78, 5) is 27.4. The summed E-state index contributed by atoms with van der Waals surface area (Å²) in [5, 5.41) is 43.6. The summed E-state index contributed by atoms with van der Waals surface area (Å²) < 4.78 is 18.6. The molecule has 2 aromatic carbocycles. The van der Waals surface area contributed by atoms with Crippen LogP contribution in [0.3, 0.4) is 0 Å². The van der Waals surface area contributed by atoms with Crippen molar-refractivity contribution in [1.82, 2.24) is 9.55 Å². The van der Waals surface area contributed by atoms with E-state index in [-0.39, 0.29) is 59.7 Å². The Hall–Kier alpha value is -4.37. The number of aromatic hydroxyl groups is 2. The molecule has 2 aromatic heterocycles. The molecule has 276 valence electrons. The van der Waals surface area contributed by atoms with Crippen molar-refractivity contribution in [3.63, 3.8) is 0 Å². The molecule has 0 saturated carbocycles. The number of aliphatic hydroxyl groups excluding tert-OH is 2. The lowest BCUT2D eigenvalue weighted by molar-refractivity contribution is 0.00986. The number of nitrogens with one attached hydrogen (secondary N) is 1. The summed E-state index contributed by atoms with van der Waals surface area (Å²) in [6.45, 7) is 3.80. The molecule has 0 spiro atoms. The molecule has 4 atom stereocenters. The molecule has 5 N–H and O–H groups in total. The second kappa shape index (κ2) is 17.9. The Kier molecular flexibility index (Phi) is 13.4. The Morgan fingerprint density at radius 1 is 1.06 bits per heavy atom. The van der Waals surface area contributed by atoms with Crippen LogP contribution in [0.4, 0.5) is 0 Å². The van der Waals surface area contributed by atoms with Crippen molar-refractivity contribution in [3.05, 3.63) is 135 Å². The average Bonchev–Trinajstić information content (AvgIpc) is 3.59. The third kappa shape index (κ3) is 9.73. The zero-order valence-electron chi connectivity index (χ0n) is 28.8. The van der Waals surface area contributed by atoms with E-state index in [2.05, 4.69) is 4.98 Å². The van der Waals surface area contributed by atoms with Gasteiger partial charge in [0.1, 0.15) is 24.6 Å². The van der Waals surface area contributed by atoms with Gasteiger partial charge in [0.15, 0.2) is 0 Å². The Morgan fingerprint density at radius 2 is 1.83 bits per heavy atom. The molecule has 4 aromatic rings. The third-order valence-electron chi connectivity index (χ3n) is 8.33. The molecule has 52 heavy (non-hydrogen) atoms. The maximum absolute atomic E-state index is 13.3. The average molecular weight is 769 g/mol. The summed E-state index contributed by atoms with van der Waals surface area (Å²) in [7, 11) is 1.37. The lowest BCUT2D eigenvalue weighted by Gasteiger charge is -2.25. The van der Waals surface area contributed by atoms with Crippen molar-refractivity contribution in [3.8, 4) is 17.5 Å². The van der Waals surface area contributed by atoms with E-state index in [1.807, 2.05) is 50.3 Å². The van der Waals surface area contributed by atoms with Crippen LogP contribution in [0.15, 0.2) is 99.6 Å². The Morgan fingerprint density at radius 3 is 2.48 bits per heavy atom. The fourth-order valence-corrected chi connectivity index (χ4v) is 7.49. The number of methoxy groups -OCH3 is 1. The molecule has 11 nitrogen and oxygen atoms in total. The predicted octanol–water partition coefficient (Wildman–Crippen LogP) is 6.33. The number of ether oxygens (including phenoxy) is 3. The normalized spacial score (nSPS) is 17.5. The number of hydrogen-bond acceptors (Lipinski definition) is 11. The molecule has 0 radical (unpaired) electrons. The molecule has 0 amide bonds. The van der Waals surface area contributed by atoms with E-state index < -0.39 is 17.1 Å². The van der Waals surface area contributed by atoms with Crippen molar-refractivity contribution in [2.75, 3.05) is 20.3 Å². The topological polar surface area (TPSA) is 163 Å². The highest BCUT2D eigenvalue weighted by Crippen LogP contribution is 2.31. The predicted molar refractivity (Wildman–Crippen MR) is 203 cm³/mol. The van der Waals surface area contributed by atoms with E-state index in [1.54, 1.807) is 42.5 Å². The lowest BCUT2D eigenvalue weighted by Crippen LogP contribution is -2.28. The molecular formula is C38H41ClN2O9S2. The standard InChI is InChI=1S/C38H41ClN2O9S2/c1-4-5-9-28(30(43)21-50-31-15-12-24(16-22(31)2)18-32-34(44)40-37(46)51-32)36(48-3)41-35(45)33(52-38(41)47)17-23-10-13-27(14-11-23)49-20-29(42)25-7-6-8-26(39)19-25/h5-16,19,22,29-31,42-45H,4,17-18,20-21H2,1-3H3,(H,40,46). The molecule has 4 unspecified atom stereocenters. The lowest BCUT2D eigenvalue weighted by atomic mass is 9.93. The van der Waals surface area contributed by atoms with E-state index >= 15 is 0 Å². The van der Waals surface area contributed by atoms with Crippen LogP contribution in [0.5, 0.6) is 17.5 Å². The Labute approximate surface area is 313 Å². The van der Waals surface area contributed by atoms with Crippen LogP contribution in [0, 0.1) is 5.92 Å². The zero-order valence-corrected chi connectivity index (χ0v) is 31.2. The number of hydrogen-bond donors (Lipinski definition) is 5. The van der Waals surface area contributed by atoms with E-state index in [9.17, 15) is 30.0 Å². The zero-order chi connectivity index (χ0) is 37.4. The quantitative estimate of drug-likeness (QED) is 0.0648. The van der Waals surface area contributed by atoms with Crippen LogP contribution in [0.2, 0.25) is 5.02 Å². The highest BCUT2D eigenvalue weighted by molar-refractivity contribution is 7.09. The van der Waals surface area contributed by atoms with Gasteiger partial charge in [0.2, 0.25) is 17.6 Å². The Bertz CT molecular complexity index is 2070. The summed E-state index contributed by atoms with van der Waals surface area (Å²) in [5.74, 6) is 0.0230. The number of aliphatic hydroxyl groups is 2. The van der Waals surface area contributed by atoms with E-state index in [0.717, 1.165) is 38.4 Å². The fraction of sp³-hybridized carbons (Fsp3) is 0.316. The first-order valence-electron chi connectivity index (χ1n) is 16.6. The van der Waals surface area contributed by atoms with Crippen molar-refractivity contribution in [2.24, 2.45) is 5.92 Å². The van der Waals surface area contributed by atoms with Crippen LogP contribution in [-0.2, 0) is 22.3 Å². The highest BCUT2D eigenvalue weighted by Gasteiger charge is 2.26. The third-order valence-corrected chi connectivity index (χ3v) is 10.4. The minimum Gasteiger partial charge on any atom is -0.494 e. The minimum absolute atomic E-state index is 0.0208. The van der Waals surface area contributed by atoms with Crippen LogP contribution >= 0.6 is 34.3 Å². The van der Waals surface area contributed by atoms with Gasteiger partial charge in [-0.1, -0.05) is 103 Å². The molecule has 0 fully saturated rings. The largest absolute Gasteiger partial charge is 0.494 e. The van der Waals surface area contributed by atoms with E-state index in [4.69, 9.17) is 25.8 Å². The van der Waals surface area contributed by atoms with Gasteiger partial charge in [0, 0.05) is 29.4 Å². The molecular weight excluding hydrogens is 728 g/mol. The number of aromatic amines is 1. The van der Waals surface area contributed by atoms with Crippen molar-refractivity contribution >= 4 is 40.2 Å². The van der Waals surface area contributed by atoms with Crippen LogP contribution in [0.25, 0.3) is 5.88 Å². The first-order valence-corrected chi connectivity index (χ1v) is 18.6. The number of thiazole rings is 2. The fourth-order valence-electron chi connectivity index (χ4n) is 5.64. The Balaban J connectivity index is 1.26. The number of nitrogens with zero attached hydrogens (tertiary/aromatic N) is 1. The van der Waals surface area contributed by atoms with Crippen molar-refractivity contribution < 1.29 is 34.6 Å². The highest BCUT2D eigenvalue weighted by atomic mass is 35.5. The van der Waals surface area contributed by atoms with Gasteiger partial charge in [0.25, 0.3) is 0 Å². The molecule has 0 saturated heterocycles. The molecule has 14 heteroatoms. The molecule has 1 aliphatic carbocycles. The summed E-state index contributed by atoms with van der Waals surface area (Å²) in [6.07, 6.45) is 8.05. The van der Waals surface area contributed by atoms with Crippen LogP contribution < -0.4 is 14.5 Å². The van der Waals surface area contributed by atoms with Gasteiger partial charge < -0.3 is 34.6 Å². The van der Waals surface area contributed by atoms with Crippen molar-refractivity contribution in [2.45, 2.75) is 51.4 Å². The monoisotopic (exact) mass is 768 g/mol. The van der Waals surface area contributed by atoms with Gasteiger partial charge in [-0.15, -0.1) is 0 Å². The number of allylic oxidation sites excluding steroid dienone is 3. The van der Waals surface area contributed by atoms with Crippen LogP contribution in [0.1, 0.15) is 47.3 Å². The molecule has 2 heterocycles. The first-order chi connectivity index (χ1) is 25.0. The minimum atomic E-state index is -1.21. The maximum Gasteiger partial charge on any atom is 0.317 e. The van der Waals surface area contributed by atoms with Gasteiger partial charge in [-0.05, 0) is 47.4 Å². The SMILES string of the molecule is CCC=CC(=C(OC)n1c(O)c(Cc2ccc(OCC(O)c3cccc(Cl)c3)cc2)sc1=O)C(O)COC1C=CC(Cc2sc(=O)[nH]c2O)=CC1C. The second-order valence-corrected chi connectivity index (χ2v) is 14.7. The maximum atomic E-state index is 13.3.